The molecular formula is C15H29N5O8. The molecule has 3 amide bonds. The van der Waals surface area contributed by atoms with Crippen molar-refractivity contribution in [3.63, 3.8) is 0 Å². The summed E-state index contributed by atoms with van der Waals surface area (Å²) >= 11 is 0. The van der Waals surface area contributed by atoms with E-state index in [1.807, 2.05) is 0 Å². The van der Waals surface area contributed by atoms with Gasteiger partial charge in [-0.05, 0) is 25.8 Å². The van der Waals surface area contributed by atoms with Crippen LogP contribution >= 0.6 is 0 Å². The van der Waals surface area contributed by atoms with Gasteiger partial charge in [0.2, 0.25) is 17.7 Å². The molecule has 0 aliphatic rings. The summed E-state index contributed by atoms with van der Waals surface area (Å²) in [6.07, 6.45) is 1.07. The molecular weight excluding hydrogens is 378 g/mol. The minimum absolute atomic E-state index is 0.106. The van der Waals surface area contributed by atoms with Gasteiger partial charge in [-0.1, -0.05) is 0 Å². The molecule has 13 heteroatoms. The SMILES string of the molecule is NCCCC[C@H](NC(=O)[C@H](CO)NC(=O)[C@@H](N)CO)C(=O)N[C@@H](CO)C(=O)O. The highest BCUT2D eigenvalue weighted by Gasteiger charge is 2.29. The van der Waals surface area contributed by atoms with Gasteiger partial charge >= 0.3 is 5.97 Å². The molecule has 0 aliphatic heterocycles. The van der Waals surface area contributed by atoms with Crippen LogP contribution in [0.2, 0.25) is 0 Å². The Morgan fingerprint density at radius 3 is 1.71 bits per heavy atom. The number of hydrogen-bond donors (Lipinski definition) is 9. The van der Waals surface area contributed by atoms with Gasteiger partial charge in [0.1, 0.15) is 24.2 Å². The van der Waals surface area contributed by atoms with E-state index in [1.54, 1.807) is 0 Å². The number of aliphatic hydroxyl groups excluding tert-OH is 3. The summed E-state index contributed by atoms with van der Waals surface area (Å²) in [6.45, 7) is -1.99. The van der Waals surface area contributed by atoms with Gasteiger partial charge in [-0.2, -0.15) is 0 Å². The summed E-state index contributed by atoms with van der Waals surface area (Å²) < 4.78 is 0. The molecule has 28 heavy (non-hydrogen) atoms. The highest BCUT2D eigenvalue weighted by atomic mass is 16.4. The summed E-state index contributed by atoms with van der Waals surface area (Å²) in [5, 5.41) is 42.6. The summed E-state index contributed by atoms with van der Waals surface area (Å²) in [5.74, 6) is -4.11. The number of aliphatic hydroxyl groups is 3. The van der Waals surface area contributed by atoms with Crippen molar-refractivity contribution in [1.29, 1.82) is 0 Å². The van der Waals surface area contributed by atoms with Gasteiger partial charge in [-0.3, -0.25) is 14.4 Å². The molecule has 0 fully saturated rings. The lowest BCUT2D eigenvalue weighted by atomic mass is 10.1. The maximum Gasteiger partial charge on any atom is 0.328 e. The number of rotatable bonds is 14. The predicted octanol–water partition coefficient (Wildman–Crippen LogP) is -5.04. The third-order valence-electron chi connectivity index (χ3n) is 3.73. The van der Waals surface area contributed by atoms with E-state index in [9.17, 15) is 24.3 Å². The summed E-state index contributed by atoms with van der Waals surface area (Å²) in [6, 6.07) is -5.49. The average Bonchev–Trinajstić information content (AvgIpc) is 2.67. The number of aliphatic carboxylic acids is 1. The van der Waals surface area contributed by atoms with E-state index in [0.717, 1.165) is 0 Å². The molecule has 0 radical (unpaired) electrons. The number of unbranched alkanes of at least 4 members (excludes halogenated alkanes) is 1. The number of nitrogens with one attached hydrogen (secondary N) is 3. The van der Waals surface area contributed by atoms with Crippen LogP contribution in [-0.2, 0) is 19.2 Å². The molecule has 0 rings (SSSR count). The average molecular weight is 407 g/mol. The number of carbonyl (C=O) groups is 4. The van der Waals surface area contributed by atoms with E-state index in [-0.39, 0.29) is 6.42 Å². The summed E-state index contributed by atoms with van der Waals surface area (Å²) in [5.41, 5.74) is 10.7. The largest absolute Gasteiger partial charge is 0.480 e. The van der Waals surface area contributed by atoms with Crippen LogP contribution in [0.1, 0.15) is 19.3 Å². The van der Waals surface area contributed by atoms with E-state index in [1.165, 1.54) is 0 Å². The van der Waals surface area contributed by atoms with Crippen molar-refractivity contribution in [2.24, 2.45) is 11.5 Å². The third-order valence-corrected chi connectivity index (χ3v) is 3.73. The molecule has 0 saturated heterocycles. The fraction of sp³-hybridized carbons (Fsp3) is 0.733. The maximum absolute atomic E-state index is 12.3. The van der Waals surface area contributed by atoms with Gasteiger partial charge in [0.15, 0.2) is 0 Å². The smallest absolute Gasteiger partial charge is 0.328 e. The van der Waals surface area contributed by atoms with Crippen LogP contribution in [0.15, 0.2) is 0 Å². The Bertz CT molecular complexity index is 533. The van der Waals surface area contributed by atoms with Crippen LogP contribution in [0.5, 0.6) is 0 Å². The minimum atomic E-state index is -1.56. The Morgan fingerprint density at radius 2 is 1.25 bits per heavy atom. The van der Waals surface area contributed by atoms with Crippen LogP contribution in [0.4, 0.5) is 0 Å². The molecule has 0 aromatic heterocycles. The first-order valence-electron chi connectivity index (χ1n) is 8.63. The first kappa shape index (κ1) is 25.7. The normalized spacial score (nSPS) is 15.0. The van der Waals surface area contributed by atoms with Crippen LogP contribution in [0, 0.1) is 0 Å². The van der Waals surface area contributed by atoms with Crippen LogP contribution in [0.3, 0.4) is 0 Å². The molecule has 4 atom stereocenters. The first-order chi connectivity index (χ1) is 13.2. The Morgan fingerprint density at radius 1 is 0.750 bits per heavy atom. The van der Waals surface area contributed by atoms with Crippen molar-refractivity contribution in [1.82, 2.24) is 16.0 Å². The zero-order valence-corrected chi connectivity index (χ0v) is 15.3. The molecule has 0 bridgehead atoms. The molecule has 0 saturated carbocycles. The Labute approximate surface area is 161 Å². The van der Waals surface area contributed by atoms with E-state index >= 15 is 0 Å². The second-order valence-electron chi connectivity index (χ2n) is 5.96. The van der Waals surface area contributed by atoms with Gasteiger partial charge in [-0.25, -0.2) is 4.79 Å². The molecule has 0 spiro atoms. The molecule has 0 aliphatic carbocycles. The van der Waals surface area contributed by atoms with Crippen molar-refractivity contribution >= 4 is 23.7 Å². The number of hydrogen-bond acceptors (Lipinski definition) is 9. The van der Waals surface area contributed by atoms with Crippen molar-refractivity contribution in [2.45, 2.75) is 43.4 Å². The van der Waals surface area contributed by atoms with Gasteiger partial charge in [-0.15, -0.1) is 0 Å². The zero-order valence-electron chi connectivity index (χ0n) is 15.3. The van der Waals surface area contributed by atoms with Gasteiger partial charge in [0.25, 0.3) is 0 Å². The second kappa shape index (κ2) is 13.8. The van der Waals surface area contributed by atoms with E-state index in [0.29, 0.717) is 19.4 Å². The maximum atomic E-state index is 12.3. The number of carbonyl (C=O) groups excluding carboxylic acids is 3. The van der Waals surface area contributed by atoms with Crippen LogP contribution in [0.25, 0.3) is 0 Å². The van der Waals surface area contributed by atoms with E-state index in [4.69, 9.17) is 26.8 Å². The van der Waals surface area contributed by atoms with E-state index < -0.39 is 67.7 Å². The molecule has 0 aromatic carbocycles. The second-order valence-corrected chi connectivity index (χ2v) is 5.96. The van der Waals surface area contributed by atoms with Crippen molar-refractivity contribution < 1.29 is 39.6 Å². The highest BCUT2D eigenvalue weighted by molar-refractivity contribution is 5.94. The summed E-state index contributed by atoms with van der Waals surface area (Å²) in [7, 11) is 0. The van der Waals surface area contributed by atoms with Crippen LogP contribution in [-0.4, -0.2) is 94.6 Å². The van der Waals surface area contributed by atoms with Crippen molar-refractivity contribution in [3.05, 3.63) is 0 Å². The Kier molecular flexibility index (Phi) is 12.6. The number of carboxylic acid groups (broad SMARTS) is 1. The fourth-order valence-electron chi connectivity index (χ4n) is 2.05. The number of amides is 3. The Balaban J connectivity index is 5.12. The van der Waals surface area contributed by atoms with Crippen molar-refractivity contribution in [2.75, 3.05) is 26.4 Å². The lowest BCUT2D eigenvalue weighted by molar-refractivity contribution is -0.143. The molecule has 0 aromatic rings. The lowest BCUT2D eigenvalue weighted by Gasteiger charge is -2.24. The first-order valence-corrected chi connectivity index (χ1v) is 8.63. The summed E-state index contributed by atoms with van der Waals surface area (Å²) in [4.78, 5) is 47.2. The number of carboxylic acids is 1. The molecule has 0 unspecified atom stereocenters. The highest BCUT2D eigenvalue weighted by Crippen LogP contribution is 2.03. The monoisotopic (exact) mass is 407 g/mol. The fourth-order valence-corrected chi connectivity index (χ4v) is 2.05. The molecule has 11 N–H and O–H groups in total. The zero-order chi connectivity index (χ0) is 21.7. The lowest BCUT2D eigenvalue weighted by Crippen LogP contribution is -2.58. The Hall–Kier alpha value is -2.32. The van der Waals surface area contributed by atoms with Gasteiger partial charge in [0, 0.05) is 0 Å². The molecule has 0 heterocycles. The predicted molar refractivity (Wildman–Crippen MR) is 95.6 cm³/mol. The quantitative estimate of drug-likeness (QED) is 0.124. The van der Waals surface area contributed by atoms with Crippen molar-refractivity contribution in [3.8, 4) is 0 Å². The topological polar surface area (TPSA) is 237 Å². The van der Waals surface area contributed by atoms with E-state index in [2.05, 4.69) is 16.0 Å². The standard InChI is InChI=1S/C15H29N5O8/c16-4-2-1-3-9(13(25)20-11(7-23)15(27)28)18-14(26)10(6-22)19-12(24)8(17)5-21/h8-11,21-23H,1-7,16-17H2,(H,18,26)(H,19,24)(H,20,25)(H,27,28)/t8-,9-,10-,11-/m0/s1. The third kappa shape index (κ3) is 9.05. The number of nitrogens with two attached hydrogens (primary N) is 2. The molecule has 162 valence electrons. The van der Waals surface area contributed by atoms with Gasteiger partial charge in [0.05, 0.1) is 19.8 Å². The van der Waals surface area contributed by atoms with Crippen LogP contribution < -0.4 is 27.4 Å². The minimum Gasteiger partial charge on any atom is -0.480 e. The van der Waals surface area contributed by atoms with Gasteiger partial charge < -0.3 is 47.8 Å². The molecule has 13 nitrogen and oxygen atoms in total.